The lowest BCUT2D eigenvalue weighted by atomic mass is 10.4. The fourth-order valence-electron chi connectivity index (χ4n) is 1.11. The van der Waals surface area contributed by atoms with E-state index in [4.69, 9.17) is 5.11 Å². The molecule has 0 radical (unpaired) electrons. The second kappa shape index (κ2) is 3.05. The molecule has 0 amide bonds. The normalized spacial score (nSPS) is 13.5. The molecule has 1 unspecified atom stereocenters. The van der Waals surface area contributed by atoms with Gasteiger partial charge >= 0.3 is 0 Å². The van der Waals surface area contributed by atoms with Crippen molar-refractivity contribution in [3.63, 3.8) is 0 Å². The first-order chi connectivity index (χ1) is 5.09. The molecule has 0 spiro atoms. The van der Waals surface area contributed by atoms with E-state index in [1.54, 1.807) is 6.92 Å². The lowest BCUT2D eigenvalue weighted by molar-refractivity contribution is 0.167. The Morgan fingerprint density at radius 3 is 2.64 bits per heavy atom. The Hall–Kier alpha value is -0.830. The van der Waals surface area contributed by atoms with Crippen LogP contribution in [0.25, 0.3) is 0 Å². The van der Waals surface area contributed by atoms with E-state index in [-0.39, 0.29) is 6.10 Å². The highest BCUT2D eigenvalue weighted by Crippen LogP contribution is 2.02. The minimum Gasteiger partial charge on any atom is -0.391 e. The van der Waals surface area contributed by atoms with Crippen molar-refractivity contribution in [2.45, 2.75) is 33.4 Å². The minimum atomic E-state index is -0.326. The van der Waals surface area contributed by atoms with E-state index in [2.05, 4.69) is 5.10 Å². The van der Waals surface area contributed by atoms with Crippen LogP contribution in [0.2, 0.25) is 0 Å². The molecule has 0 bridgehead atoms. The Labute approximate surface area is 66.7 Å². The molecule has 1 N–H and O–H groups in total. The number of hydrogen-bond donors (Lipinski definition) is 1. The van der Waals surface area contributed by atoms with Gasteiger partial charge in [-0.3, -0.25) is 4.68 Å². The van der Waals surface area contributed by atoms with E-state index in [1.165, 1.54) is 0 Å². The Morgan fingerprint density at radius 2 is 2.27 bits per heavy atom. The third-order valence-electron chi connectivity index (χ3n) is 1.54. The summed E-state index contributed by atoms with van der Waals surface area (Å²) in [7, 11) is 0. The van der Waals surface area contributed by atoms with Gasteiger partial charge in [-0.2, -0.15) is 5.10 Å². The summed E-state index contributed by atoms with van der Waals surface area (Å²) in [5.74, 6) is 0. The van der Waals surface area contributed by atoms with Gasteiger partial charge in [0.2, 0.25) is 0 Å². The first-order valence-corrected chi connectivity index (χ1v) is 3.78. The predicted molar refractivity (Wildman–Crippen MR) is 43.4 cm³/mol. The van der Waals surface area contributed by atoms with Gasteiger partial charge in [0, 0.05) is 5.69 Å². The molecule has 11 heavy (non-hydrogen) atoms. The fourth-order valence-corrected chi connectivity index (χ4v) is 1.11. The van der Waals surface area contributed by atoms with Crippen LogP contribution in [0.3, 0.4) is 0 Å². The molecular weight excluding hydrogens is 140 g/mol. The van der Waals surface area contributed by atoms with Gasteiger partial charge in [0.05, 0.1) is 18.3 Å². The van der Waals surface area contributed by atoms with Crippen LogP contribution in [0.4, 0.5) is 0 Å². The second-order valence-electron chi connectivity index (χ2n) is 2.96. The summed E-state index contributed by atoms with van der Waals surface area (Å²) in [5, 5.41) is 13.3. The molecule has 1 aromatic rings. The van der Waals surface area contributed by atoms with E-state index in [1.807, 2.05) is 24.6 Å². The maximum Gasteiger partial charge on any atom is 0.0708 e. The lowest BCUT2D eigenvalue weighted by Crippen LogP contribution is -2.13. The van der Waals surface area contributed by atoms with Gasteiger partial charge in [-0.15, -0.1) is 0 Å². The van der Waals surface area contributed by atoms with Crippen molar-refractivity contribution in [1.29, 1.82) is 0 Å². The Bertz CT molecular complexity index is 240. The number of aliphatic hydroxyl groups excluding tert-OH is 1. The largest absolute Gasteiger partial charge is 0.391 e. The quantitative estimate of drug-likeness (QED) is 0.686. The van der Waals surface area contributed by atoms with Gasteiger partial charge in [-0.1, -0.05) is 0 Å². The summed E-state index contributed by atoms with van der Waals surface area (Å²) in [6, 6.07) is 2.00. The van der Waals surface area contributed by atoms with Crippen LogP contribution in [0.5, 0.6) is 0 Å². The highest BCUT2D eigenvalue weighted by Gasteiger charge is 2.02. The zero-order valence-electron chi connectivity index (χ0n) is 7.20. The Kier molecular flexibility index (Phi) is 2.29. The minimum absolute atomic E-state index is 0.326. The van der Waals surface area contributed by atoms with E-state index < -0.39 is 0 Å². The average molecular weight is 154 g/mol. The van der Waals surface area contributed by atoms with Crippen LogP contribution < -0.4 is 0 Å². The molecule has 3 heteroatoms. The maximum atomic E-state index is 9.08. The van der Waals surface area contributed by atoms with Crippen LogP contribution in [-0.2, 0) is 6.54 Å². The zero-order chi connectivity index (χ0) is 8.43. The molecule has 1 rings (SSSR count). The molecule has 0 aliphatic heterocycles. The molecule has 0 fully saturated rings. The van der Waals surface area contributed by atoms with Crippen LogP contribution >= 0.6 is 0 Å². The van der Waals surface area contributed by atoms with E-state index in [0.29, 0.717) is 6.54 Å². The van der Waals surface area contributed by atoms with Crippen molar-refractivity contribution in [1.82, 2.24) is 9.78 Å². The van der Waals surface area contributed by atoms with Crippen molar-refractivity contribution in [3.05, 3.63) is 17.5 Å². The molecule has 0 aliphatic rings. The van der Waals surface area contributed by atoms with Crippen LogP contribution in [0.15, 0.2) is 6.07 Å². The molecule has 3 nitrogen and oxygen atoms in total. The summed E-state index contributed by atoms with van der Waals surface area (Å²) in [4.78, 5) is 0. The highest BCUT2D eigenvalue weighted by molar-refractivity contribution is 5.06. The first kappa shape index (κ1) is 8.27. The molecule has 1 atom stereocenters. The van der Waals surface area contributed by atoms with Gasteiger partial charge in [0.15, 0.2) is 0 Å². The zero-order valence-corrected chi connectivity index (χ0v) is 7.20. The molecule has 1 heterocycles. The standard InChI is InChI=1S/C8H14N2O/c1-6-4-7(2)10(9-6)5-8(3)11/h4,8,11H,5H2,1-3H3. The van der Waals surface area contributed by atoms with Crippen LogP contribution in [-0.4, -0.2) is 21.0 Å². The molecule has 1 aromatic heterocycles. The van der Waals surface area contributed by atoms with Crippen LogP contribution in [0.1, 0.15) is 18.3 Å². The number of aromatic nitrogens is 2. The predicted octanol–water partition coefficient (Wildman–Crippen LogP) is 0.881. The molecule has 0 saturated carbocycles. The van der Waals surface area contributed by atoms with Gasteiger partial charge < -0.3 is 5.11 Å². The number of aryl methyl sites for hydroxylation is 2. The molecular formula is C8H14N2O. The number of rotatable bonds is 2. The van der Waals surface area contributed by atoms with Crippen molar-refractivity contribution >= 4 is 0 Å². The number of hydrogen-bond acceptors (Lipinski definition) is 2. The fraction of sp³-hybridized carbons (Fsp3) is 0.625. The van der Waals surface area contributed by atoms with Crippen molar-refractivity contribution in [2.75, 3.05) is 0 Å². The third-order valence-corrected chi connectivity index (χ3v) is 1.54. The summed E-state index contributed by atoms with van der Waals surface area (Å²) in [5.41, 5.74) is 2.10. The third kappa shape index (κ3) is 2.05. The maximum absolute atomic E-state index is 9.08. The van der Waals surface area contributed by atoms with Crippen molar-refractivity contribution in [2.24, 2.45) is 0 Å². The topological polar surface area (TPSA) is 38.0 Å². The second-order valence-corrected chi connectivity index (χ2v) is 2.96. The van der Waals surface area contributed by atoms with Crippen molar-refractivity contribution in [3.8, 4) is 0 Å². The molecule has 0 saturated heterocycles. The van der Waals surface area contributed by atoms with Gasteiger partial charge in [-0.05, 0) is 26.8 Å². The summed E-state index contributed by atoms with van der Waals surface area (Å²) in [6.45, 7) is 6.28. The SMILES string of the molecule is Cc1cc(C)n(CC(C)O)n1. The van der Waals surface area contributed by atoms with Gasteiger partial charge in [0.1, 0.15) is 0 Å². The van der Waals surface area contributed by atoms with E-state index in [9.17, 15) is 0 Å². The molecule has 62 valence electrons. The smallest absolute Gasteiger partial charge is 0.0708 e. The number of aliphatic hydroxyl groups is 1. The summed E-state index contributed by atoms with van der Waals surface area (Å²) in [6.07, 6.45) is -0.326. The first-order valence-electron chi connectivity index (χ1n) is 3.78. The lowest BCUT2D eigenvalue weighted by Gasteiger charge is -2.05. The summed E-state index contributed by atoms with van der Waals surface area (Å²) < 4.78 is 1.82. The number of nitrogens with zero attached hydrogens (tertiary/aromatic N) is 2. The monoisotopic (exact) mass is 154 g/mol. The van der Waals surface area contributed by atoms with Crippen molar-refractivity contribution < 1.29 is 5.11 Å². The average Bonchev–Trinajstić information content (AvgIpc) is 2.09. The molecule has 0 aromatic carbocycles. The van der Waals surface area contributed by atoms with Gasteiger partial charge in [0.25, 0.3) is 0 Å². The van der Waals surface area contributed by atoms with E-state index >= 15 is 0 Å². The summed E-state index contributed by atoms with van der Waals surface area (Å²) >= 11 is 0. The van der Waals surface area contributed by atoms with E-state index in [0.717, 1.165) is 11.4 Å². The van der Waals surface area contributed by atoms with Crippen LogP contribution in [0, 0.1) is 13.8 Å². The molecule has 0 aliphatic carbocycles. The Balaban J connectivity index is 2.77. The Morgan fingerprint density at radius 1 is 1.64 bits per heavy atom. The van der Waals surface area contributed by atoms with Gasteiger partial charge in [-0.25, -0.2) is 0 Å². The highest BCUT2D eigenvalue weighted by atomic mass is 16.3.